The van der Waals surface area contributed by atoms with Crippen molar-refractivity contribution in [2.75, 3.05) is 7.11 Å². The van der Waals surface area contributed by atoms with E-state index in [0.29, 0.717) is 6.42 Å². The standard InChI is InChI=1S/C11H14O3/c1-14-11(13)8-10(12)7-9-5-3-2-4-6-9/h2-6,10,12H,7-8H2,1H3/t10-/m0/s1. The van der Waals surface area contributed by atoms with E-state index in [1.165, 1.54) is 7.11 Å². The molecule has 0 amide bonds. The number of benzene rings is 1. The second-order valence-corrected chi connectivity index (χ2v) is 3.12. The van der Waals surface area contributed by atoms with Gasteiger partial charge in [0, 0.05) is 0 Å². The van der Waals surface area contributed by atoms with Crippen LogP contribution in [0.1, 0.15) is 12.0 Å². The fourth-order valence-corrected chi connectivity index (χ4v) is 1.23. The molecule has 0 aromatic heterocycles. The van der Waals surface area contributed by atoms with E-state index in [1.54, 1.807) is 0 Å². The molecule has 1 aromatic rings. The van der Waals surface area contributed by atoms with Gasteiger partial charge in [-0.3, -0.25) is 4.79 Å². The van der Waals surface area contributed by atoms with Crippen molar-refractivity contribution in [3.63, 3.8) is 0 Å². The van der Waals surface area contributed by atoms with Gasteiger partial charge >= 0.3 is 5.97 Å². The van der Waals surface area contributed by atoms with E-state index in [2.05, 4.69) is 4.74 Å². The van der Waals surface area contributed by atoms with Crippen LogP contribution in [0.3, 0.4) is 0 Å². The Hall–Kier alpha value is -1.35. The maximum atomic E-state index is 10.8. The smallest absolute Gasteiger partial charge is 0.308 e. The molecule has 0 bridgehead atoms. The summed E-state index contributed by atoms with van der Waals surface area (Å²) in [5.41, 5.74) is 1.02. The minimum atomic E-state index is -0.662. The third-order valence-corrected chi connectivity index (χ3v) is 1.94. The van der Waals surface area contributed by atoms with Crippen LogP contribution < -0.4 is 0 Å². The molecule has 0 saturated heterocycles. The van der Waals surface area contributed by atoms with Crippen molar-refractivity contribution in [1.29, 1.82) is 0 Å². The molecule has 1 N–H and O–H groups in total. The Bertz CT molecular complexity index is 282. The number of esters is 1. The molecule has 14 heavy (non-hydrogen) atoms. The maximum absolute atomic E-state index is 10.8. The van der Waals surface area contributed by atoms with Crippen molar-refractivity contribution in [3.05, 3.63) is 35.9 Å². The van der Waals surface area contributed by atoms with Gasteiger partial charge < -0.3 is 9.84 Å². The molecule has 0 saturated carbocycles. The highest BCUT2D eigenvalue weighted by atomic mass is 16.5. The Morgan fingerprint density at radius 2 is 2.07 bits per heavy atom. The van der Waals surface area contributed by atoms with Crippen LogP contribution in [0, 0.1) is 0 Å². The highest BCUT2D eigenvalue weighted by molar-refractivity contribution is 5.69. The average Bonchev–Trinajstić information content (AvgIpc) is 2.19. The summed E-state index contributed by atoms with van der Waals surface area (Å²) in [6.07, 6.45) is -0.133. The van der Waals surface area contributed by atoms with Gasteiger partial charge in [0.25, 0.3) is 0 Å². The van der Waals surface area contributed by atoms with E-state index in [-0.39, 0.29) is 12.4 Å². The monoisotopic (exact) mass is 194 g/mol. The van der Waals surface area contributed by atoms with Gasteiger partial charge in [-0.2, -0.15) is 0 Å². The third-order valence-electron chi connectivity index (χ3n) is 1.94. The van der Waals surface area contributed by atoms with Crippen LogP contribution in [0.25, 0.3) is 0 Å². The number of methoxy groups -OCH3 is 1. The first-order chi connectivity index (χ1) is 6.72. The van der Waals surface area contributed by atoms with Crippen LogP contribution in [-0.2, 0) is 16.0 Å². The lowest BCUT2D eigenvalue weighted by molar-refractivity contribution is -0.142. The minimum absolute atomic E-state index is 0.0470. The lowest BCUT2D eigenvalue weighted by Crippen LogP contribution is -2.16. The van der Waals surface area contributed by atoms with Gasteiger partial charge in [-0.05, 0) is 12.0 Å². The van der Waals surface area contributed by atoms with E-state index in [0.717, 1.165) is 5.56 Å². The van der Waals surface area contributed by atoms with Crippen LogP contribution in [0.5, 0.6) is 0 Å². The summed E-state index contributed by atoms with van der Waals surface area (Å²) in [4.78, 5) is 10.8. The van der Waals surface area contributed by atoms with Gasteiger partial charge in [-0.15, -0.1) is 0 Å². The lowest BCUT2D eigenvalue weighted by Gasteiger charge is -2.08. The van der Waals surface area contributed by atoms with Crippen molar-refractivity contribution < 1.29 is 14.6 Å². The molecular weight excluding hydrogens is 180 g/mol. The Labute approximate surface area is 83.3 Å². The lowest BCUT2D eigenvalue weighted by atomic mass is 10.1. The second-order valence-electron chi connectivity index (χ2n) is 3.12. The average molecular weight is 194 g/mol. The minimum Gasteiger partial charge on any atom is -0.469 e. The molecule has 1 atom stereocenters. The summed E-state index contributed by atoms with van der Waals surface area (Å²) >= 11 is 0. The van der Waals surface area contributed by atoms with E-state index in [1.807, 2.05) is 30.3 Å². The van der Waals surface area contributed by atoms with E-state index in [4.69, 9.17) is 0 Å². The first-order valence-corrected chi connectivity index (χ1v) is 4.51. The second kappa shape index (κ2) is 5.40. The maximum Gasteiger partial charge on any atom is 0.308 e. The van der Waals surface area contributed by atoms with Crippen molar-refractivity contribution in [2.24, 2.45) is 0 Å². The first-order valence-electron chi connectivity index (χ1n) is 4.51. The van der Waals surface area contributed by atoms with Crippen LogP contribution in [0.15, 0.2) is 30.3 Å². The number of rotatable bonds is 4. The molecule has 3 nitrogen and oxygen atoms in total. The molecule has 0 fully saturated rings. The highest BCUT2D eigenvalue weighted by Crippen LogP contribution is 2.05. The topological polar surface area (TPSA) is 46.5 Å². The number of hydrogen-bond donors (Lipinski definition) is 1. The van der Waals surface area contributed by atoms with E-state index >= 15 is 0 Å². The van der Waals surface area contributed by atoms with Gasteiger partial charge in [-0.1, -0.05) is 30.3 Å². The van der Waals surface area contributed by atoms with Crippen molar-refractivity contribution in [3.8, 4) is 0 Å². The number of carbonyl (C=O) groups excluding carboxylic acids is 1. The number of aliphatic hydroxyl groups excluding tert-OH is 1. The zero-order valence-electron chi connectivity index (χ0n) is 8.14. The Morgan fingerprint density at radius 1 is 1.43 bits per heavy atom. The summed E-state index contributed by atoms with van der Waals surface area (Å²) in [6, 6.07) is 9.55. The molecule has 0 aliphatic rings. The third kappa shape index (κ3) is 3.58. The zero-order chi connectivity index (χ0) is 10.4. The molecule has 0 spiro atoms. The number of aliphatic hydroxyl groups is 1. The molecule has 1 rings (SSSR count). The molecule has 1 aromatic carbocycles. The SMILES string of the molecule is COC(=O)C[C@@H](O)Cc1ccccc1. The van der Waals surface area contributed by atoms with Gasteiger partial charge in [-0.25, -0.2) is 0 Å². The Kier molecular flexibility index (Phi) is 4.13. The molecular formula is C11H14O3. The summed E-state index contributed by atoms with van der Waals surface area (Å²) in [7, 11) is 1.32. The summed E-state index contributed by atoms with van der Waals surface area (Å²) in [5.74, 6) is -0.381. The largest absolute Gasteiger partial charge is 0.469 e. The van der Waals surface area contributed by atoms with Gasteiger partial charge in [0.05, 0.1) is 19.6 Å². The van der Waals surface area contributed by atoms with Crippen molar-refractivity contribution in [2.45, 2.75) is 18.9 Å². The summed E-state index contributed by atoms with van der Waals surface area (Å²) in [6.45, 7) is 0. The van der Waals surface area contributed by atoms with Gasteiger partial charge in [0.15, 0.2) is 0 Å². The Morgan fingerprint density at radius 3 is 2.64 bits per heavy atom. The number of carbonyl (C=O) groups is 1. The summed E-state index contributed by atoms with van der Waals surface area (Å²) < 4.78 is 4.46. The van der Waals surface area contributed by atoms with E-state index < -0.39 is 6.10 Å². The number of ether oxygens (including phenoxy) is 1. The molecule has 3 heteroatoms. The molecule has 0 heterocycles. The molecule has 0 unspecified atom stereocenters. The fourth-order valence-electron chi connectivity index (χ4n) is 1.23. The normalized spacial score (nSPS) is 12.1. The van der Waals surface area contributed by atoms with Gasteiger partial charge in [0.2, 0.25) is 0 Å². The van der Waals surface area contributed by atoms with Crippen LogP contribution in [-0.4, -0.2) is 24.3 Å². The molecule has 0 radical (unpaired) electrons. The van der Waals surface area contributed by atoms with Crippen molar-refractivity contribution >= 4 is 5.97 Å². The van der Waals surface area contributed by atoms with Crippen molar-refractivity contribution in [1.82, 2.24) is 0 Å². The zero-order valence-corrected chi connectivity index (χ0v) is 8.14. The predicted octanol–water partition coefficient (Wildman–Crippen LogP) is 1.15. The van der Waals surface area contributed by atoms with Crippen LogP contribution >= 0.6 is 0 Å². The molecule has 76 valence electrons. The number of hydrogen-bond acceptors (Lipinski definition) is 3. The van der Waals surface area contributed by atoms with Crippen LogP contribution in [0.2, 0.25) is 0 Å². The quantitative estimate of drug-likeness (QED) is 0.731. The fraction of sp³-hybridized carbons (Fsp3) is 0.364. The Balaban J connectivity index is 2.41. The van der Waals surface area contributed by atoms with Gasteiger partial charge in [0.1, 0.15) is 0 Å². The summed E-state index contributed by atoms with van der Waals surface area (Å²) in [5, 5.41) is 9.50. The highest BCUT2D eigenvalue weighted by Gasteiger charge is 2.10. The molecule has 0 aliphatic heterocycles. The van der Waals surface area contributed by atoms with Crippen LogP contribution in [0.4, 0.5) is 0 Å². The van der Waals surface area contributed by atoms with E-state index in [9.17, 15) is 9.90 Å². The first kappa shape index (κ1) is 10.7. The predicted molar refractivity (Wildman–Crippen MR) is 52.8 cm³/mol. The molecule has 0 aliphatic carbocycles.